The summed E-state index contributed by atoms with van der Waals surface area (Å²) >= 11 is 7.62. The lowest BCUT2D eigenvalue weighted by molar-refractivity contribution is 0.102. The average Bonchev–Trinajstić information content (AvgIpc) is 3.30. The van der Waals surface area contributed by atoms with Crippen LogP contribution in [-0.4, -0.2) is 12.1 Å². The first kappa shape index (κ1) is 27.2. The van der Waals surface area contributed by atoms with Crippen molar-refractivity contribution in [3.63, 3.8) is 0 Å². The van der Waals surface area contributed by atoms with E-state index in [1.165, 1.54) is 4.88 Å². The van der Waals surface area contributed by atoms with Gasteiger partial charge in [-0.15, -0.1) is 11.3 Å². The van der Waals surface area contributed by atoms with Gasteiger partial charge in [0.25, 0.3) is 5.91 Å². The number of amides is 1. The van der Waals surface area contributed by atoms with E-state index in [1.807, 2.05) is 85.1 Å². The first-order valence-electron chi connectivity index (χ1n) is 13.3. The lowest BCUT2D eigenvalue weighted by Crippen LogP contribution is -2.27. The molecule has 1 aliphatic rings. The van der Waals surface area contributed by atoms with Gasteiger partial charge in [-0.1, -0.05) is 62.7 Å². The second-order valence-corrected chi connectivity index (χ2v) is 12.6. The van der Waals surface area contributed by atoms with Gasteiger partial charge in [0, 0.05) is 21.8 Å². The van der Waals surface area contributed by atoms with E-state index in [0.29, 0.717) is 23.1 Å². The molecule has 1 amide bonds. The van der Waals surface area contributed by atoms with Gasteiger partial charge in [-0.3, -0.25) is 4.79 Å². The number of anilines is 1. The summed E-state index contributed by atoms with van der Waals surface area (Å²) in [5.74, 6) is 1.28. The van der Waals surface area contributed by atoms with E-state index < -0.39 is 0 Å². The molecule has 0 fully saturated rings. The summed E-state index contributed by atoms with van der Waals surface area (Å²) in [6.45, 7) is 7.39. The summed E-state index contributed by atoms with van der Waals surface area (Å²) in [6, 6.07) is 25.1. The van der Waals surface area contributed by atoms with Crippen LogP contribution in [0.25, 0.3) is 0 Å². The van der Waals surface area contributed by atoms with Crippen molar-refractivity contribution in [1.82, 2.24) is 0 Å². The zero-order valence-corrected chi connectivity index (χ0v) is 24.1. The number of fused-ring (bicyclic) bond motifs is 1. The van der Waals surface area contributed by atoms with Crippen LogP contribution < -0.4 is 10.1 Å². The second kappa shape index (κ2) is 11.8. The Labute approximate surface area is 239 Å². The molecule has 39 heavy (non-hydrogen) atoms. The molecule has 1 heterocycles. The Morgan fingerprint density at radius 2 is 1.77 bits per heavy atom. The highest BCUT2D eigenvalue weighted by Crippen LogP contribution is 2.45. The number of para-hydroxylation sites is 1. The fraction of sp³-hybridized carbons (Fsp3) is 0.273. The molecule has 0 bridgehead atoms. The van der Waals surface area contributed by atoms with Crippen LogP contribution in [0, 0.1) is 11.3 Å². The van der Waals surface area contributed by atoms with E-state index in [0.717, 1.165) is 52.4 Å². The highest BCUT2D eigenvalue weighted by atomic mass is 35.5. The Hall–Kier alpha value is -3.41. The summed E-state index contributed by atoms with van der Waals surface area (Å²) in [5.41, 5.74) is 4.89. The normalized spacial score (nSPS) is 15.2. The molecule has 0 spiro atoms. The van der Waals surface area contributed by atoms with Crippen molar-refractivity contribution in [2.75, 3.05) is 5.32 Å². The van der Waals surface area contributed by atoms with Crippen LogP contribution in [0.15, 0.2) is 83.9 Å². The molecular weight excluding hydrogens is 524 g/mol. The van der Waals surface area contributed by atoms with E-state index in [9.17, 15) is 4.79 Å². The van der Waals surface area contributed by atoms with Gasteiger partial charge in [-0.05, 0) is 95.8 Å². The minimum Gasteiger partial charge on any atom is -0.489 e. The summed E-state index contributed by atoms with van der Waals surface area (Å²) in [5, 5.41) is 4.56. The lowest BCUT2D eigenvalue weighted by atomic mass is 9.72. The maximum Gasteiger partial charge on any atom is 0.259 e. The Morgan fingerprint density at radius 3 is 2.46 bits per heavy atom. The molecule has 4 aromatic rings. The van der Waals surface area contributed by atoms with E-state index in [1.54, 1.807) is 11.3 Å². The van der Waals surface area contributed by atoms with Crippen LogP contribution in [0.4, 0.5) is 10.7 Å². The number of nitrogens with one attached hydrogen (secondary N) is 1. The number of thiophene rings is 1. The van der Waals surface area contributed by atoms with Gasteiger partial charge in [0.15, 0.2) is 0 Å². The van der Waals surface area contributed by atoms with Crippen molar-refractivity contribution in [3.8, 4) is 5.75 Å². The maximum atomic E-state index is 13.5. The van der Waals surface area contributed by atoms with E-state index in [2.05, 4.69) is 26.1 Å². The summed E-state index contributed by atoms with van der Waals surface area (Å²) in [4.78, 5) is 19.6. The molecule has 1 aromatic heterocycles. The molecule has 5 rings (SSSR count). The SMILES string of the molecule is CC(C)(C)[C@@H]1CCc2c(sc(N=Cc3ccc(OCc4ccc(Cl)cc4)cc3)c2C(=O)Nc2ccccc2)C1. The van der Waals surface area contributed by atoms with Crippen LogP contribution in [-0.2, 0) is 19.4 Å². The second-order valence-electron chi connectivity index (χ2n) is 11.1. The summed E-state index contributed by atoms with van der Waals surface area (Å²) in [6.07, 6.45) is 4.81. The van der Waals surface area contributed by atoms with Crippen molar-refractivity contribution >= 4 is 45.7 Å². The van der Waals surface area contributed by atoms with Gasteiger partial charge in [0.2, 0.25) is 0 Å². The molecule has 1 aliphatic carbocycles. The number of hydrogen-bond donors (Lipinski definition) is 1. The third-order valence-corrected chi connectivity index (χ3v) is 8.67. The Morgan fingerprint density at radius 1 is 1.05 bits per heavy atom. The number of nitrogens with zero attached hydrogens (tertiary/aromatic N) is 1. The molecule has 1 atom stereocenters. The Balaban J connectivity index is 1.35. The molecule has 0 aliphatic heterocycles. The predicted molar refractivity (Wildman–Crippen MR) is 163 cm³/mol. The summed E-state index contributed by atoms with van der Waals surface area (Å²) in [7, 11) is 0. The first-order chi connectivity index (χ1) is 18.8. The van der Waals surface area contributed by atoms with Gasteiger partial charge < -0.3 is 10.1 Å². The van der Waals surface area contributed by atoms with Crippen molar-refractivity contribution in [2.24, 2.45) is 16.3 Å². The van der Waals surface area contributed by atoms with Crippen LogP contribution in [0.5, 0.6) is 5.75 Å². The fourth-order valence-corrected chi connectivity index (χ4v) is 6.28. The molecule has 0 radical (unpaired) electrons. The Kier molecular flexibility index (Phi) is 8.20. The van der Waals surface area contributed by atoms with Crippen LogP contribution in [0.1, 0.15) is 59.1 Å². The van der Waals surface area contributed by atoms with Gasteiger partial charge in [0.1, 0.15) is 17.4 Å². The van der Waals surface area contributed by atoms with Gasteiger partial charge in [-0.25, -0.2) is 4.99 Å². The smallest absolute Gasteiger partial charge is 0.259 e. The molecule has 4 nitrogen and oxygen atoms in total. The number of rotatable bonds is 7. The van der Waals surface area contributed by atoms with E-state index in [4.69, 9.17) is 21.3 Å². The minimum atomic E-state index is -0.0917. The molecule has 0 saturated heterocycles. The zero-order chi connectivity index (χ0) is 27.4. The predicted octanol–water partition coefficient (Wildman–Crippen LogP) is 9.13. The molecule has 1 N–H and O–H groups in total. The molecule has 3 aromatic carbocycles. The van der Waals surface area contributed by atoms with Crippen LogP contribution in [0.2, 0.25) is 5.02 Å². The van der Waals surface area contributed by atoms with Crippen molar-refractivity contribution in [1.29, 1.82) is 0 Å². The van der Waals surface area contributed by atoms with Crippen LogP contribution >= 0.6 is 22.9 Å². The lowest BCUT2D eigenvalue weighted by Gasteiger charge is -2.33. The topological polar surface area (TPSA) is 50.7 Å². The zero-order valence-electron chi connectivity index (χ0n) is 22.5. The fourth-order valence-electron chi connectivity index (χ4n) is 4.88. The first-order valence-corrected chi connectivity index (χ1v) is 14.5. The number of halogens is 1. The number of hydrogen-bond acceptors (Lipinski definition) is 4. The number of carbonyl (C=O) groups is 1. The maximum absolute atomic E-state index is 13.5. The average molecular weight is 557 g/mol. The van der Waals surface area contributed by atoms with Gasteiger partial charge in [-0.2, -0.15) is 0 Å². The third-order valence-electron chi connectivity index (χ3n) is 7.26. The number of ether oxygens (including phenoxy) is 1. The molecule has 0 saturated carbocycles. The van der Waals surface area contributed by atoms with Crippen LogP contribution in [0.3, 0.4) is 0 Å². The van der Waals surface area contributed by atoms with Crippen molar-refractivity contribution < 1.29 is 9.53 Å². The van der Waals surface area contributed by atoms with Crippen molar-refractivity contribution in [2.45, 2.75) is 46.6 Å². The van der Waals surface area contributed by atoms with Gasteiger partial charge in [0.05, 0.1) is 5.56 Å². The summed E-state index contributed by atoms with van der Waals surface area (Å²) < 4.78 is 5.91. The highest BCUT2D eigenvalue weighted by molar-refractivity contribution is 7.16. The number of aliphatic imine (C=N–C) groups is 1. The third kappa shape index (κ3) is 6.78. The van der Waals surface area contributed by atoms with Gasteiger partial charge >= 0.3 is 0 Å². The molecule has 0 unspecified atom stereocenters. The highest BCUT2D eigenvalue weighted by Gasteiger charge is 2.33. The quantitative estimate of drug-likeness (QED) is 0.231. The largest absolute Gasteiger partial charge is 0.489 e. The molecular formula is C33H33ClN2O2S. The molecule has 6 heteroatoms. The van der Waals surface area contributed by atoms with E-state index >= 15 is 0 Å². The van der Waals surface area contributed by atoms with E-state index in [-0.39, 0.29) is 11.3 Å². The Bertz CT molecular complexity index is 1450. The molecule has 200 valence electrons. The monoisotopic (exact) mass is 556 g/mol. The minimum absolute atomic E-state index is 0.0917. The number of benzene rings is 3. The number of carbonyl (C=O) groups excluding carboxylic acids is 1. The standard InChI is InChI=1S/C33H33ClN2O2S/c1-33(2,3)24-13-18-28-29(19-24)39-32(30(28)31(37)36-26-7-5-4-6-8-26)35-20-22-11-16-27(17-12-22)38-21-23-9-14-25(34)15-10-23/h4-12,14-17,20,24H,13,18-19,21H2,1-3H3,(H,36,37)/t24-/m1/s1. The van der Waals surface area contributed by atoms with Crippen molar-refractivity contribution in [3.05, 3.63) is 111 Å².